The molecule has 3 heteroatoms. The molecule has 0 atom stereocenters. The van der Waals surface area contributed by atoms with Gasteiger partial charge in [0.05, 0.1) is 0 Å². The third-order valence-electron chi connectivity index (χ3n) is 2.74. The number of hydrogen-bond acceptors (Lipinski definition) is 1. The summed E-state index contributed by atoms with van der Waals surface area (Å²) in [5.41, 5.74) is 2.53. The molecule has 0 bridgehead atoms. The average molecular weight is 223 g/mol. The van der Waals surface area contributed by atoms with Crippen LogP contribution in [0.3, 0.4) is 0 Å². The minimum absolute atomic E-state index is 0. The highest BCUT2D eigenvalue weighted by atomic mass is 35.5. The fourth-order valence-corrected chi connectivity index (χ4v) is 1.77. The highest BCUT2D eigenvalue weighted by molar-refractivity contribution is 5.85. The first-order valence-electron chi connectivity index (χ1n) is 5.22. The zero-order valence-electron chi connectivity index (χ0n) is 8.49. The number of nitrogens with one attached hydrogen (secondary N) is 2. The van der Waals surface area contributed by atoms with Gasteiger partial charge in [-0.1, -0.05) is 18.2 Å². The van der Waals surface area contributed by atoms with Crippen LogP contribution >= 0.6 is 12.4 Å². The summed E-state index contributed by atoms with van der Waals surface area (Å²) in [6.45, 7) is 0.972. The lowest BCUT2D eigenvalue weighted by Crippen LogP contribution is -2.15. The molecule has 0 amide bonds. The van der Waals surface area contributed by atoms with Crippen molar-refractivity contribution in [2.75, 3.05) is 0 Å². The van der Waals surface area contributed by atoms with Crippen molar-refractivity contribution in [2.24, 2.45) is 0 Å². The molecule has 3 rings (SSSR count). The molecule has 1 aromatic heterocycles. The van der Waals surface area contributed by atoms with E-state index in [1.807, 2.05) is 0 Å². The Bertz CT molecular complexity index is 413. The van der Waals surface area contributed by atoms with Crippen molar-refractivity contribution in [1.82, 2.24) is 10.3 Å². The molecule has 1 heterocycles. The smallest absolute Gasteiger partial charge is 0.0456 e. The summed E-state index contributed by atoms with van der Waals surface area (Å²) in [4.78, 5) is 3.42. The minimum atomic E-state index is 0. The number of rotatable bonds is 3. The zero-order chi connectivity index (χ0) is 9.38. The lowest BCUT2D eigenvalue weighted by molar-refractivity contribution is 0.678. The highest BCUT2D eigenvalue weighted by Gasteiger charge is 2.20. The lowest BCUT2D eigenvalue weighted by Gasteiger charge is -1.98. The highest BCUT2D eigenvalue weighted by Crippen LogP contribution is 2.20. The summed E-state index contributed by atoms with van der Waals surface area (Å²) in [5, 5.41) is 4.81. The molecule has 0 radical (unpaired) electrons. The Labute approximate surface area is 95.5 Å². The van der Waals surface area contributed by atoms with Gasteiger partial charge in [0.25, 0.3) is 0 Å². The van der Waals surface area contributed by atoms with Gasteiger partial charge in [-0.05, 0) is 30.4 Å². The Morgan fingerprint density at radius 3 is 2.80 bits per heavy atom. The summed E-state index contributed by atoms with van der Waals surface area (Å²) in [6, 6.07) is 11.4. The van der Waals surface area contributed by atoms with Crippen LogP contribution in [-0.2, 0) is 6.54 Å². The van der Waals surface area contributed by atoms with Crippen molar-refractivity contribution >= 4 is 23.3 Å². The predicted octanol–water partition coefficient (Wildman–Crippen LogP) is 2.84. The molecule has 1 saturated carbocycles. The topological polar surface area (TPSA) is 27.8 Å². The number of benzene rings is 1. The quantitative estimate of drug-likeness (QED) is 0.821. The lowest BCUT2D eigenvalue weighted by atomic mass is 10.2. The van der Waals surface area contributed by atoms with Gasteiger partial charge in [0.15, 0.2) is 0 Å². The molecule has 0 spiro atoms. The number of aromatic amines is 1. The second kappa shape index (κ2) is 4.25. The van der Waals surface area contributed by atoms with Crippen LogP contribution in [0.1, 0.15) is 18.5 Å². The molecule has 1 fully saturated rings. The summed E-state index contributed by atoms with van der Waals surface area (Å²) in [7, 11) is 0. The van der Waals surface area contributed by atoms with Crippen LogP contribution in [0.5, 0.6) is 0 Å². The molecule has 1 aromatic carbocycles. The number of para-hydroxylation sites is 1. The van der Waals surface area contributed by atoms with Crippen LogP contribution in [0.4, 0.5) is 0 Å². The first-order valence-corrected chi connectivity index (χ1v) is 5.22. The number of halogens is 1. The Morgan fingerprint density at radius 2 is 2.07 bits per heavy atom. The van der Waals surface area contributed by atoms with Gasteiger partial charge >= 0.3 is 0 Å². The van der Waals surface area contributed by atoms with Crippen molar-refractivity contribution < 1.29 is 0 Å². The van der Waals surface area contributed by atoms with Crippen LogP contribution in [0.25, 0.3) is 10.9 Å². The molecule has 15 heavy (non-hydrogen) atoms. The number of H-pyrrole nitrogens is 1. The van der Waals surface area contributed by atoms with Crippen molar-refractivity contribution in [3.63, 3.8) is 0 Å². The van der Waals surface area contributed by atoms with Crippen LogP contribution in [0, 0.1) is 0 Å². The van der Waals surface area contributed by atoms with E-state index in [0.29, 0.717) is 0 Å². The first kappa shape index (κ1) is 10.5. The Kier molecular flexibility index (Phi) is 2.98. The van der Waals surface area contributed by atoms with Gasteiger partial charge in [-0.2, -0.15) is 0 Å². The third-order valence-corrected chi connectivity index (χ3v) is 2.74. The van der Waals surface area contributed by atoms with E-state index in [2.05, 4.69) is 40.6 Å². The maximum atomic E-state index is 3.50. The normalized spacial score (nSPS) is 15.2. The molecule has 0 saturated heterocycles. The second-order valence-corrected chi connectivity index (χ2v) is 4.04. The van der Waals surface area contributed by atoms with E-state index in [9.17, 15) is 0 Å². The van der Waals surface area contributed by atoms with Gasteiger partial charge in [0.1, 0.15) is 0 Å². The third kappa shape index (κ3) is 2.33. The molecule has 0 aliphatic heterocycles. The fraction of sp³-hybridized carbons (Fsp3) is 0.333. The summed E-state index contributed by atoms with van der Waals surface area (Å²) < 4.78 is 0. The Balaban J connectivity index is 0.000000853. The van der Waals surface area contributed by atoms with E-state index < -0.39 is 0 Å². The Hall–Kier alpha value is -0.990. The maximum absolute atomic E-state index is 3.50. The first-order chi connectivity index (χ1) is 6.92. The number of aromatic nitrogens is 1. The summed E-state index contributed by atoms with van der Waals surface area (Å²) in [5.74, 6) is 0. The second-order valence-electron chi connectivity index (χ2n) is 4.04. The van der Waals surface area contributed by atoms with Gasteiger partial charge < -0.3 is 10.3 Å². The van der Waals surface area contributed by atoms with Gasteiger partial charge in [0, 0.05) is 23.8 Å². The van der Waals surface area contributed by atoms with Crippen LogP contribution in [-0.4, -0.2) is 11.0 Å². The van der Waals surface area contributed by atoms with E-state index in [-0.39, 0.29) is 12.4 Å². The summed E-state index contributed by atoms with van der Waals surface area (Å²) >= 11 is 0. The SMILES string of the molecule is Cl.c1ccc2[nH]c(CNC3CC3)cc2c1. The van der Waals surface area contributed by atoms with Crippen molar-refractivity contribution in [3.8, 4) is 0 Å². The molecular weight excluding hydrogens is 208 g/mol. The average Bonchev–Trinajstić information content (AvgIpc) is 2.94. The van der Waals surface area contributed by atoms with Crippen LogP contribution < -0.4 is 5.32 Å². The molecule has 80 valence electrons. The van der Waals surface area contributed by atoms with Gasteiger partial charge in [-0.25, -0.2) is 0 Å². The molecule has 2 aromatic rings. The molecule has 1 aliphatic carbocycles. The largest absolute Gasteiger partial charge is 0.357 e. The monoisotopic (exact) mass is 222 g/mol. The maximum Gasteiger partial charge on any atom is 0.0456 e. The van der Waals surface area contributed by atoms with E-state index in [1.165, 1.54) is 29.4 Å². The molecular formula is C12H15ClN2. The van der Waals surface area contributed by atoms with E-state index in [1.54, 1.807) is 0 Å². The predicted molar refractivity (Wildman–Crippen MR) is 65.4 cm³/mol. The van der Waals surface area contributed by atoms with Crippen molar-refractivity contribution in [2.45, 2.75) is 25.4 Å². The van der Waals surface area contributed by atoms with Gasteiger partial charge in [0.2, 0.25) is 0 Å². The zero-order valence-corrected chi connectivity index (χ0v) is 9.31. The molecule has 2 N–H and O–H groups in total. The van der Waals surface area contributed by atoms with E-state index in [0.717, 1.165) is 12.6 Å². The van der Waals surface area contributed by atoms with Gasteiger partial charge in [-0.15, -0.1) is 12.4 Å². The fourth-order valence-electron chi connectivity index (χ4n) is 1.77. The molecule has 2 nitrogen and oxygen atoms in total. The number of fused-ring (bicyclic) bond motifs is 1. The minimum Gasteiger partial charge on any atom is -0.357 e. The molecule has 0 unspecified atom stereocenters. The number of hydrogen-bond donors (Lipinski definition) is 2. The standard InChI is InChI=1S/C12H14N2.ClH/c1-2-4-12-9(3-1)7-11(14-12)8-13-10-5-6-10;/h1-4,7,10,13-14H,5-6,8H2;1H. The van der Waals surface area contributed by atoms with E-state index in [4.69, 9.17) is 0 Å². The van der Waals surface area contributed by atoms with Crippen molar-refractivity contribution in [3.05, 3.63) is 36.0 Å². The summed E-state index contributed by atoms with van der Waals surface area (Å²) in [6.07, 6.45) is 2.69. The molecule has 1 aliphatic rings. The van der Waals surface area contributed by atoms with Gasteiger partial charge in [-0.3, -0.25) is 0 Å². The van der Waals surface area contributed by atoms with Crippen LogP contribution in [0.15, 0.2) is 30.3 Å². The van der Waals surface area contributed by atoms with E-state index >= 15 is 0 Å². The van der Waals surface area contributed by atoms with Crippen LogP contribution in [0.2, 0.25) is 0 Å². The van der Waals surface area contributed by atoms with Crippen molar-refractivity contribution in [1.29, 1.82) is 0 Å². The Morgan fingerprint density at radius 1 is 1.27 bits per heavy atom.